The van der Waals surface area contributed by atoms with E-state index in [-0.39, 0.29) is 12.0 Å². The summed E-state index contributed by atoms with van der Waals surface area (Å²) < 4.78 is 0. The Morgan fingerprint density at radius 3 is 1.92 bits per heavy atom. The molecule has 3 aliphatic carbocycles. The third-order valence-corrected chi connectivity index (χ3v) is 16.3. The number of benzene rings is 8. The standard InChI is InChI=1S/C72H61N/c1-7-16-63-50(8-2)43-67-64(24-15-26-66(63)67)54-33-29-52(30-34-54)57-38-42-71-69(45-57)68-44-56(51-27-31-53(32-28-51)61-22-14-23-62(49(61)6)59-20-11-9-17-46(59)3)37-41-70(68)73(71)58-39-35-55(36-40-58)65-25-13-19-48(5)72(65)60-21-12-10-18-47(60)4/h7-23,25-42,44-45,64,69,71H,2,24,43H2,1,3-6H3/b16-7-. The Balaban J connectivity index is 0.892. The van der Waals surface area contributed by atoms with E-state index in [0.717, 1.165) is 12.8 Å². The van der Waals surface area contributed by atoms with Crippen LogP contribution in [0, 0.1) is 27.7 Å². The van der Waals surface area contributed by atoms with Gasteiger partial charge in [-0.05, 0) is 189 Å². The quantitative estimate of drug-likeness (QED) is 0.132. The van der Waals surface area contributed by atoms with Crippen LogP contribution in [0.1, 0.15) is 70.5 Å². The molecule has 0 aromatic heterocycles. The van der Waals surface area contributed by atoms with E-state index in [4.69, 9.17) is 0 Å². The lowest BCUT2D eigenvalue weighted by Gasteiger charge is -2.30. The molecule has 0 bridgehead atoms. The molecule has 0 saturated heterocycles. The lowest BCUT2D eigenvalue weighted by molar-refractivity contribution is 0.747. The first-order valence-corrected chi connectivity index (χ1v) is 26.1. The number of hydrogen-bond donors (Lipinski definition) is 0. The molecule has 73 heavy (non-hydrogen) atoms. The molecule has 1 aliphatic heterocycles. The highest BCUT2D eigenvalue weighted by molar-refractivity contribution is 5.89. The van der Waals surface area contributed by atoms with Gasteiger partial charge in [-0.2, -0.15) is 0 Å². The van der Waals surface area contributed by atoms with E-state index in [1.165, 1.54) is 134 Å². The highest BCUT2D eigenvalue weighted by atomic mass is 15.2. The van der Waals surface area contributed by atoms with E-state index < -0.39 is 0 Å². The van der Waals surface area contributed by atoms with Gasteiger partial charge in [-0.15, -0.1) is 0 Å². The molecule has 1 heteroatoms. The van der Waals surface area contributed by atoms with Crippen molar-refractivity contribution >= 4 is 16.9 Å². The molecule has 3 atom stereocenters. The Morgan fingerprint density at radius 1 is 0.562 bits per heavy atom. The Hall–Kier alpha value is -8.26. The van der Waals surface area contributed by atoms with Crippen molar-refractivity contribution in [3.63, 3.8) is 0 Å². The monoisotopic (exact) mass is 939 g/mol. The average molecular weight is 940 g/mol. The van der Waals surface area contributed by atoms with Gasteiger partial charge in [0.1, 0.15) is 0 Å². The van der Waals surface area contributed by atoms with Crippen molar-refractivity contribution in [2.75, 3.05) is 4.90 Å². The van der Waals surface area contributed by atoms with Crippen molar-refractivity contribution in [2.24, 2.45) is 0 Å². The summed E-state index contributed by atoms with van der Waals surface area (Å²) in [5, 5.41) is 0. The summed E-state index contributed by atoms with van der Waals surface area (Å²) in [6.07, 6.45) is 20.5. The lowest BCUT2D eigenvalue weighted by atomic mass is 9.81. The minimum absolute atomic E-state index is 0.131. The van der Waals surface area contributed by atoms with Gasteiger partial charge in [-0.1, -0.05) is 212 Å². The molecule has 3 unspecified atom stereocenters. The molecular weight excluding hydrogens is 879 g/mol. The van der Waals surface area contributed by atoms with Gasteiger partial charge in [0.25, 0.3) is 0 Å². The second-order valence-electron chi connectivity index (χ2n) is 20.4. The highest BCUT2D eigenvalue weighted by Crippen LogP contribution is 2.52. The van der Waals surface area contributed by atoms with E-state index in [9.17, 15) is 0 Å². The molecule has 12 rings (SSSR count). The minimum atomic E-state index is 0.131. The summed E-state index contributed by atoms with van der Waals surface area (Å²) in [6, 6.07) is 66.1. The van der Waals surface area contributed by atoms with E-state index in [2.05, 4.69) is 271 Å². The van der Waals surface area contributed by atoms with Gasteiger partial charge in [0.15, 0.2) is 0 Å². The molecule has 354 valence electrons. The molecule has 1 nitrogen and oxygen atoms in total. The smallest absolute Gasteiger partial charge is 0.0630 e. The van der Waals surface area contributed by atoms with Gasteiger partial charge >= 0.3 is 0 Å². The number of allylic oxidation sites excluding steroid dienone is 11. The Morgan fingerprint density at radius 2 is 1.18 bits per heavy atom. The number of rotatable bonds is 10. The van der Waals surface area contributed by atoms with Crippen molar-refractivity contribution in [2.45, 2.75) is 65.3 Å². The molecule has 1 heterocycles. The number of hydrogen-bond acceptors (Lipinski definition) is 1. The maximum atomic E-state index is 4.18. The normalized spacial score (nSPS) is 17.8. The molecule has 0 fully saturated rings. The van der Waals surface area contributed by atoms with Gasteiger partial charge in [-0.3, -0.25) is 0 Å². The van der Waals surface area contributed by atoms with Crippen LogP contribution < -0.4 is 4.90 Å². The van der Waals surface area contributed by atoms with E-state index >= 15 is 0 Å². The predicted octanol–water partition coefficient (Wildman–Crippen LogP) is 19.3. The van der Waals surface area contributed by atoms with Crippen LogP contribution in [0.3, 0.4) is 0 Å². The number of aryl methyl sites for hydroxylation is 3. The van der Waals surface area contributed by atoms with Gasteiger partial charge in [0, 0.05) is 23.2 Å². The predicted molar refractivity (Wildman–Crippen MR) is 311 cm³/mol. The fourth-order valence-electron chi connectivity index (χ4n) is 12.5. The van der Waals surface area contributed by atoms with Crippen molar-refractivity contribution in [1.29, 1.82) is 0 Å². The summed E-state index contributed by atoms with van der Waals surface area (Å²) in [6.45, 7) is 15.2. The van der Waals surface area contributed by atoms with Crippen LogP contribution in [0.15, 0.2) is 253 Å². The molecule has 0 N–H and O–H groups in total. The van der Waals surface area contributed by atoms with Crippen LogP contribution in [0.4, 0.5) is 11.4 Å². The average Bonchev–Trinajstić information content (AvgIpc) is 3.96. The zero-order chi connectivity index (χ0) is 49.7. The minimum Gasteiger partial charge on any atom is -0.333 e. The van der Waals surface area contributed by atoms with E-state index in [0.29, 0.717) is 5.92 Å². The van der Waals surface area contributed by atoms with Crippen LogP contribution in [0.5, 0.6) is 0 Å². The molecule has 0 spiro atoms. The van der Waals surface area contributed by atoms with Gasteiger partial charge in [0.05, 0.1) is 6.04 Å². The molecule has 8 aromatic rings. The Labute approximate surface area is 432 Å². The SMILES string of the molecule is C=CC1=C(/C=C\C)C2=C(C1)C(c1ccc(C3=CC4c5cc(-c6ccc(-c7cccc(-c8ccccc8C)c7C)cc6)ccc5N(c5ccc(-c6cccc(C)c6-c6ccccc6C)cc5)C4C=C3)cc1)CC=C2. The summed E-state index contributed by atoms with van der Waals surface area (Å²) >= 11 is 0. The second kappa shape index (κ2) is 19.1. The topological polar surface area (TPSA) is 3.24 Å². The largest absolute Gasteiger partial charge is 0.333 e. The molecule has 0 saturated carbocycles. The third kappa shape index (κ3) is 8.14. The fraction of sp³-hybridized carbons (Fsp3) is 0.139. The van der Waals surface area contributed by atoms with Crippen LogP contribution in [0.2, 0.25) is 0 Å². The van der Waals surface area contributed by atoms with E-state index in [1.807, 2.05) is 0 Å². The summed E-state index contributed by atoms with van der Waals surface area (Å²) in [7, 11) is 0. The van der Waals surface area contributed by atoms with Crippen molar-refractivity contribution in [1.82, 2.24) is 0 Å². The van der Waals surface area contributed by atoms with Gasteiger partial charge in [0.2, 0.25) is 0 Å². The first kappa shape index (κ1) is 45.9. The van der Waals surface area contributed by atoms with Crippen molar-refractivity contribution in [3.05, 3.63) is 292 Å². The molecule has 0 amide bonds. The highest BCUT2D eigenvalue weighted by Gasteiger charge is 2.39. The number of nitrogens with zero attached hydrogens (tertiary/aromatic N) is 1. The Bertz CT molecular complexity index is 3670. The van der Waals surface area contributed by atoms with Crippen LogP contribution in [-0.4, -0.2) is 6.04 Å². The first-order valence-electron chi connectivity index (χ1n) is 26.1. The molecule has 8 aromatic carbocycles. The van der Waals surface area contributed by atoms with Gasteiger partial charge in [-0.25, -0.2) is 0 Å². The summed E-state index contributed by atoms with van der Waals surface area (Å²) in [5.41, 5.74) is 31.1. The van der Waals surface area contributed by atoms with Crippen molar-refractivity contribution < 1.29 is 0 Å². The molecular formula is C72H61N. The maximum absolute atomic E-state index is 4.18. The first-order chi connectivity index (χ1) is 35.8. The fourth-order valence-corrected chi connectivity index (χ4v) is 12.5. The molecule has 4 aliphatic rings. The number of fused-ring (bicyclic) bond motifs is 3. The summed E-state index contributed by atoms with van der Waals surface area (Å²) in [5.74, 6) is 0.529. The summed E-state index contributed by atoms with van der Waals surface area (Å²) in [4.78, 5) is 2.57. The zero-order valence-corrected chi connectivity index (χ0v) is 42.7. The molecule has 0 radical (unpaired) electrons. The van der Waals surface area contributed by atoms with Crippen LogP contribution in [-0.2, 0) is 0 Å². The Kier molecular flexibility index (Phi) is 12.0. The van der Waals surface area contributed by atoms with E-state index in [1.54, 1.807) is 0 Å². The maximum Gasteiger partial charge on any atom is 0.0630 e. The third-order valence-electron chi connectivity index (χ3n) is 16.3. The van der Waals surface area contributed by atoms with Crippen molar-refractivity contribution in [3.8, 4) is 55.6 Å². The van der Waals surface area contributed by atoms with Crippen LogP contribution >= 0.6 is 0 Å². The van der Waals surface area contributed by atoms with Crippen LogP contribution in [0.25, 0.3) is 61.2 Å². The second-order valence-corrected chi connectivity index (χ2v) is 20.4. The number of anilines is 2. The lowest BCUT2D eigenvalue weighted by Crippen LogP contribution is -2.28. The zero-order valence-electron chi connectivity index (χ0n) is 42.7. The van der Waals surface area contributed by atoms with Gasteiger partial charge < -0.3 is 4.90 Å².